The number of carbonyl (C=O) groups is 2. The largest absolute Gasteiger partial charge is 0.497 e. The molecule has 0 aromatic heterocycles. The zero-order chi connectivity index (χ0) is 14.7. The fourth-order valence-corrected chi connectivity index (χ4v) is 2.33. The van der Waals surface area contributed by atoms with Gasteiger partial charge >= 0.3 is 5.97 Å². The fraction of sp³-hybridized carbons (Fsp3) is 0.429. The molecule has 1 aliphatic heterocycles. The van der Waals surface area contributed by atoms with Crippen LogP contribution in [0.5, 0.6) is 5.75 Å². The van der Waals surface area contributed by atoms with E-state index in [1.807, 2.05) is 6.92 Å². The number of carbonyl (C=O) groups excluding carboxylic acids is 1. The molecule has 0 spiro atoms. The van der Waals surface area contributed by atoms with Crippen LogP contribution in [0.1, 0.15) is 17.3 Å². The number of rotatable bonds is 4. The maximum Gasteiger partial charge on any atom is 0.337 e. The number of nitrogens with one attached hydrogen (secondary N) is 2. The molecule has 0 saturated carbocycles. The summed E-state index contributed by atoms with van der Waals surface area (Å²) in [5, 5.41) is 15.0. The van der Waals surface area contributed by atoms with E-state index in [4.69, 9.17) is 9.84 Å². The molecule has 3 N–H and O–H groups in total. The van der Waals surface area contributed by atoms with Gasteiger partial charge in [-0.25, -0.2) is 4.79 Å². The van der Waals surface area contributed by atoms with E-state index in [1.54, 1.807) is 6.07 Å². The average Bonchev–Trinajstić information content (AvgIpc) is 2.84. The highest BCUT2D eigenvalue weighted by molar-refractivity contribution is 6.01. The van der Waals surface area contributed by atoms with Gasteiger partial charge in [-0.15, -0.1) is 0 Å². The van der Waals surface area contributed by atoms with Gasteiger partial charge in [0.05, 0.1) is 24.3 Å². The van der Waals surface area contributed by atoms with Crippen LogP contribution >= 0.6 is 0 Å². The zero-order valence-electron chi connectivity index (χ0n) is 11.5. The maximum absolute atomic E-state index is 12.2. The Morgan fingerprint density at radius 1 is 1.40 bits per heavy atom. The van der Waals surface area contributed by atoms with Crippen molar-refractivity contribution >= 4 is 17.6 Å². The van der Waals surface area contributed by atoms with Gasteiger partial charge in [-0.3, -0.25) is 4.79 Å². The molecule has 1 fully saturated rings. The van der Waals surface area contributed by atoms with Gasteiger partial charge < -0.3 is 20.5 Å². The highest BCUT2D eigenvalue weighted by Crippen LogP contribution is 2.25. The monoisotopic (exact) mass is 278 g/mol. The molecule has 1 aromatic carbocycles. The fourth-order valence-electron chi connectivity index (χ4n) is 2.33. The van der Waals surface area contributed by atoms with Crippen molar-refractivity contribution in [3.8, 4) is 5.75 Å². The second kappa shape index (κ2) is 5.92. The molecule has 2 unspecified atom stereocenters. The lowest BCUT2D eigenvalue weighted by Crippen LogP contribution is -2.28. The lowest BCUT2D eigenvalue weighted by atomic mass is 9.97. The number of ether oxygens (including phenoxy) is 1. The van der Waals surface area contributed by atoms with Crippen molar-refractivity contribution in [2.45, 2.75) is 6.92 Å². The molecule has 0 aliphatic carbocycles. The van der Waals surface area contributed by atoms with Gasteiger partial charge in [0, 0.05) is 12.6 Å². The normalized spacial score (nSPS) is 21.5. The number of carboxylic acid groups (broad SMARTS) is 1. The van der Waals surface area contributed by atoms with Crippen LogP contribution in [0.25, 0.3) is 0 Å². The summed E-state index contributed by atoms with van der Waals surface area (Å²) in [6.07, 6.45) is 0. The number of carboxylic acids is 1. The number of hydrogen-bond acceptors (Lipinski definition) is 4. The van der Waals surface area contributed by atoms with E-state index in [-0.39, 0.29) is 29.0 Å². The second-order valence-corrected chi connectivity index (χ2v) is 4.95. The van der Waals surface area contributed by atoms with Crippen molar-refractivity contribution < 1.29 is 19.4 Å². The average molecular weight is 278 g/mol. The molecule has 1 saturated heterocycles. The van der Waals surface area contributed by atoms with Gasteiger partial charge in [-0.05, 0) is 24.6 Å². The van der Waals surface area contributed by atoms with Gasteiger partial charge in [0.25, 0.3) is 0 Å². The van der Waals surface area contributed by atoms with Crippen LogP contribution in [0.3, 0.4) is 0 Å². The SMILES string of the molecule is COc1ccc(C(=O)O)c(NC(=O)C2CNCC2C)c1. The Morgan fingerprint density at radius 3 is 2.70 bits per heavy atom. The molecule has 2 atom stereocenters. The number of benzene rings is 1. The van der Waals surface area contributed by atoms with Crippen molar-refractivity contribution in [3.05, 3.63) is 23.8 Å². The van der Waals surface area contributed by atoms with Crippen LogP contribution in [-0.2, 0) is 4.79 Å². The number of methoxy groups -OCH3 is 1. The smallest absolute Gasteiger partial charge is 0.337 e. The molecule has 1 aliphatic rings. The number of amides is 1. The molecular formula is C14H18N2O4. The summed E-state index contributed by atoms with van der Waals surface area (Å²) in [4.78, 5) is 23.4. The summed E-state index contributed by atoms with van der Waals surface area (Å²) in [6.45, 7) is 3.40. The second-order valence-electron chi connectivity index (χ2n) is 4.95. The van der Waals surface area contributed by atoms with Gasteiger partial charge in [-0.1, -0.05) is 6.92 Å². The highest BCUT2D eigenvalue weighted by atomic mass is 16.5. The topological polar surface area (TPSA) is 87.7 Å². The maximum atomic E-state index is 12.2. The van der Waals surface area contributed by atoms with Crippen molar-refractivity contribution in [1.82, 2.24) is 5.32 Å². The standard InChI is InChI=1S/C14H18N2O4/c1-8-6-15-7-11(8)13(17)16-12-5-9(20-2)3-4-10(12)14(18)19/h3-5,8,11,15H,6-7H2,1-2H3,(H,16,17)(H,18,19). The van der Waals surface area contributed by atoms with Crippen LogP contribution in [0, 0.1) is 11.8 Å². The Balaban J connectivity index is 2.22. The van der Waals surface area contributed by atoms with E-state index in [1.165, 1.54) is 19.2 Å². The minimum atomic E-state index is -1.08. The van der Waals surface area contributed by atoms with Gasteiger partial charge in [-0.2, -0.15) is 0 Å². The zero-order valence-corrected chi connectivity index (χ0v) is 11.5. The molecule has 6 nitrogen and oxygen atoms in total. The summed E-state index contributed by atoms with van der Waals surface area (Å²) >= 11 is 0. The molecule has 1 amide bonds. The van der Waals surface area contributed by atoms with Crippen LogP contribution in [-0.4, -0.2) is 37.2 Å². The molecule has 0 bridgehead atoms. The predicted molar refractivity (Wildman–Crippen MR) is 74.1 cm³/mol. The van der Waals surface area contributed by atoms with Crippen LogP contribution in [0.2, 0.25) is 0 Å². The third kappa shape index (κ3) is 2.91. The molecule has 1 aromatic rings. The molecule has 108 valence electrons. The van der Waals surface area contributed by atoms with E-state index in [0.29, 0.717) is 12.3 Å². The van der Waals surface area contributed by atoms with Gasteiger partial charge in [0.15, 0.2) is 0 Å². The van der Waals surface area contributed by atoms with E-state index in [9.17, 15) is 9.59 Å². The van der Waals surface area contributed by atoms with Crippen LogP contribution in [0.15, 0.2) is 18.2 Å². The summed E-state index contributed by atoms with van der Waals surface area (Å²) in [5.41, 5.74) is 0.318. The Labute approximate surface area is 117 Å². The van der Waals surface area contributed by atoms with Crippen molar-refractivity contribution in [3.63, 3.8) is 0 Å². The van der Waals surface area contributed by atoms with Gasteiger partial charge in [0.2, 0.25) is 5.91 Å². The van der Waals surface area contributed by atoms with Crippen molar-refractivity contribution in [2.24, 2.45) is 11.8 Å². The summed E-state index contributed by atoms with van der Waals surface area (Å²) in [6, 6.07) is 4.50. The minimum Gasteiger partial charge on any atom is -0.497 e. The summed E-state index contributed by atoms with van der Waals surface area (Å²) < 4.78 is 5.06. The summed E-state index contributed by atoms with van der Waals surface area (Å²) in [5.74, 6) is -0.668. The van der Waals surface area contributed by atoms with Gasteiger partial charge in [0.1, 0.15) is 5.75 Å². The highest BCUT2D eigenvalue weighted by Gasteiger charge is 2.30. The van der Waals surface area contributed by atoms with E-state index >= 15 is 0 Å². The third-order valence-electron chi connectivity index (χ3n) is 3.57. The first-order valence-electron chi connectivity index (χ1n) is 6.46. The molecular weight excluding hydrogens is 260 g/mol. The molecule has 0 radical (unpaired) electrons. The summed E-state index contributed by atoms with van der Waals surface area (Å²) in [7, 11) is 1.49. The molecule has 1 heterocycles. The van der Waals surface area contributed by atoms with E-state index in [0.717, 1.165) is 6.54 Å². The van der Waals surface area contributed by atoms with E-state index in [2.05, 4.69) is 10.6 Å². The van der Waals surface area contributed by atoms with Crippen LogP contribution < -0.4 is 15.4 Å². The van der Waals surface area contributed by atoms with E-state index < -0.39 is 5.97 Å². The lowest BCUT2D eigenvalue weighted by Gasteiger charge is -2.16. The Kier molecular flexibility index (Phi) is 4.24. The Hall–Kier alpha value is -2.08. The molecule has 20 heavy (non-hydrogen) atoms. The molecule has 6 heteroatoms. The number of aromatic carboxylic acids is 1. The third-order valence-corrected chi connectivity index (χ3v) is 3.57. The Bertz CT molecular complexity index is 530. The van der Waals surface area contributed by atoms with Crippen LogP contribution in [0.4, 0.5) is 5.69 Å². The quantitative estimate of drug-likeness (QED) is 0.770. The first kappa shape index (κ1) is 14.3. The molecule has 2 rings (SSSR count). The first-order chi connectivity index (χ1) is 9.52. The predicted octanol–water partition coefficient (Wildman–Crippen LogP) is 1.19. The van der Waals surface area contributed by atoms with Crippen molar-refractivity contribution in [1.29, 1.82) is 0 Å². The number of anilines is 1. The lowest BCUT2D eigenvalue weighted by molar-refractivity contribution is -0.120. The Morgan fingerprint density at radius 2 is 2.15 bits per heavy atom. The minimum absolute atomic E-state index is 0.0535. The first-order valence-corrected chi connectivity index (χ1v) is 6.46. The van der Waals surface area contributed by atoms with Crippen molar-refractivity contribution in [2.75, 3.05) is 25.5 Å². The number of hydrogen-bond donors (Lipinski definition) is 3.